The Labute approximate surface area is 78.0 Å². The first kappa shape index (κ1) is 7.56. The lowest BCUT2D eigenvalue weighted by molar-refractivity contribution is 0.396. The van der Waals surface area contributed by atoms with Gasteiger partial charge in [0.1, 0.15) is 0 Å². The van der Waals surface area contributed by atoms with Crippen molar-refractivity contribution in [3.8, 4) is 0 Å². The van der Waals surface area contributed by atoms with Gasteiger partial charge in [0.05, 0.1) is 12.4 Å². The van der Waals surface area contributed by atoms with E-state index in [-0.39, 0.29) is 0 Å². The van der Waals surface area contributed by atoms with Gasteiger partial charge in [0.25, 0.3) is 0 Å². The minimum atomic E-state index is 0.382. The molecule has 0 aliphatic heterocycles. The summed E-state index contributed by atoms with van der Waals surface area (Å²) < 4.78 is 2.30. The van der Waals surface area contributed by atoms with Gasteiger partial charge in [0.15, 0.2) is 0 Å². The van der Waals surface area contributed by atoms with Gasteiger partial charge in [-0.05, 0) is 19.3 Å². The van der Waals surface area contributed by atoms with Crippen LogP contribution in [0.2, 0.25) is 0 Å². The van der Waals surface area contributed by atoms with E-state index in [1.807, 2.05) is 12.5 Å². The molecular formula is C10H15N3. The van der Waals surface area contributed by atoms with E-state index in [9.17, 15) is 0 Å². The van der Waals surface area contributed by atoms with Gasteiger partial charge in [-0.2, -0.15) is 0 Å². The van der Waals surface area contributed by atoms with Gasteiger partial charge < -0.3 is 10.3 Å². The van der Waals surface area contributed by atoms with E-state index >= 15 is 0 Å². The molecule has 1 heterocycles. The van der Waals surface area contributed by atoms with Crippen LogP contribution in [0.1, 0.15) is 43.3 Å². The zero-order valence-electron chi connectivity index (χ0n) is 7.69. The van der Waals surface area contributed by atoms with Crippen LogP contribution in [-0.2, 0) is 0 Å². The Morgan fingerprint density at radius 1 is 1.46 bits per heavy atom. The SMILES string of the molecule is NC1CC1n1cncc1C1CCC1. The minimum Gasteiger partial charge on any atom is -0.330 e. The maximum Gasteiger partial charge on any atom is 0.0951 e. The summed E-state index contributed by atoms with van der Waals surface area (Å²) in [6, 6.07) is 0.936. The zero-order valence-corrected chi connectivity index (χ0v) is 7.69. The van der Waals surface area contributed by atoms with E-state index in [1.165, 1.54) is 25.0 Å². The predicted molar refractivity (Wildman–Crippen MR) is 50.4 cm³/mol. The van der Waals surface area contributed by atoms with Crippen molar-refractivity contribution in [2.24, 2.45) is 5.73 Å². The molecule has 0 saturated heterocycles. The smallest absolute Gasteiger partial charge is 0.0951 e. The van der Waals surface area contributed by atoms with Gasteiger partial charge in [-0.15, -0.1) is 0 Å². The van der Waals surface area contributed by atoms with Crippen LogP contribution in [0.25, 0.3) is 0 Å². The van der Waals surface area contributed by atoms with E-state index in [1.54, 1.807) is 0 Å². The van der Waals surface area contributed by atoms with Crippen LogP contribution in [0.4, 0.5) is 0 Å². The summed E-state index contributed by atoms with van der Waals surface area (Å²) in [5.74, 6) is 0.773. The highest BCUT2D eigenvalue weighted by atomic mass is 15.1. The highest BCUT2D eigenvalue weighted by molar-refractivity contribution is 5.14. The van der Waals surface area contributed by atoms with E-state index in [0.717, 1.165) is 12.3 Å². The lowest BCUT2D eigenvalue weighted by atomic mass is 9.83. The minimum absolute atomic E-state index is 0.382. The van der Waals surface area contributed by atoms with Crippen molar-refractivity contribution in [2.75, 3.05) is 0 Å². The van der Waals surface area contributed by atoms with Gasteiger partial charge in [-0.1, -0.05) is 6.42 Å². The van der Waals surface area contributed by atoms with Gasteiger partial charge in [-0.3, -0.25) is 0 Å². The third-order valence-corrected chi connectivity index (χ3v) is 3.38. The lowest BCUT2D eigenvalue weighted by Gasteiger charge is -2.26. The summed E-state index contributed by atoms with van der Waals surface area (Å²) >= 11 is 0. The molecule has 0 bridgehead atoms. The monoisotopic (exact) mass is 177 g/mol. The molecule has 2 aliphatic rings. The molecule has 3 nitrogen and oxygen atoms in total. The van der Waals surface area contributed by atoms with Crippen LogP contribution in [0.3, 0.4) is 0 Å². The average molecular weight is 177 g/mol. The summed E-state index contributed by atoms with van der Waals surface area (Å²) in [5, 5.41) is 0. The molecule has 0 spiro atoms. The first-order valence-corrected chi connectivity index (χ1v) is 5.13. The first-order chi connectivity index (χ1) is 6.36. The van der Waals surface area contributed by atoms with Crippen molar-refractivity contribution in [3.05, 3.63) is 18.2 Å². The molecule has 13 heavy (non-hydrogen) atoms. The zero-order chi connectivity index (χ0) is 8.84. The Hall–Kier alpha value is -0.830. The van der Waals surface area contributed by atoms with E-state index in [0.29, 0.717) is 12.1 Å². The average Bonchev–Trinajstić information content (AvgIpc) is 2.58. The Morgan fingerprint density at radius 2 is 2.23 bits per heavy atom. The summed E-state index contributed by atoms with van der Waals surface area (Å²) in [6.45, 7) is 0. The fourth-order valence-corrected chi connectivity index (χ4v) is 2.13. The van der Waals surface area contributed by atoms with Gasteiger partial charge in [0, 0.05) is 23.9 Å². The molecule has 1 aromatic rings. The highest BCUT2D eigenvalue weighted by Crippen LogP contribution is 2.41. The molecular weight excluding hydrogens is 162 g/mol. The molecule has 2 atom stereocenters. The van der Waals surface area contributed by atoms with Crippen molar-refractivity contribution >= 4 is 0 Å². The van der Waals surface area contributed by atoms with Crippen molar-refractivity contribution < 1.29 is 0 Å². The number of nitrogens with zero attached hydrogens (tertiary/aromatic N) is 2. The number of rotatable bonds is 2. The Morgan fingerprint density at radius 3 is 2.77 bits per heavy atom. The maximum absolute atomic E-state index is 5.84. The molecule has 1 aromatic heterocycles. The van der Waals surface area contributed by atoms with Crippen LogP contribution in [-0.4, -0.2) is 15.6 Å². The number of hydrogen-bond donors (Lipinski definition) is 1. The molecule has 2 unspecified atom stereocenters. The van der Waals surface area contributed by atoms with E-state index in [2.05, 4.69) is 9.55 Å². The van der Waals surface area contributed by atoms with E-state index in [4.69, 9.17) is 5.73 Å². The number of nitrogens with two attached hydrogens (primary N) is 1. The lowest BCUT2D eigenvalue weighted by Crippen LogP contribution is -2.15. The summed E-state index contributed by atoms with van der Waals surface area (Å²) in [7, 11) is 0. The van der Waals surface area contributed by atoms with Crippen LogP contribution in [0, 0.1) is 0 Å². The second kappa shape index (κ2) is 2.58. The fourth-order valence-electron chi connectivity index (χ4n) is 2.13. The normalized spacial score (nSPS) is 33.0. The third kappa shape index (κ3) is 1.10. The third-order valence-electron chi connectivity index (χ3n) is 3.38. The summed E-state index contributed by atoms with van der Waals surface area (Å²) in [4.78, 5) is 4.23. The topological polar surface area (TPSA) is 43.8 Å². The van der Waals surface area contributed by atoms with Gasteiger partial charge >= 0.3 is 0 Å². The molecule has 0 amide bonds. The number of hydrogen-bond acceptors (Lipinski definition) is 2. The van der Waals surface area contributed by atoms with Crippen molar-refractivity contribution in [3.63, 3.8) is 0 Å². The van der Waals surface area contributed by atoms with Gasteiger partial charge in [-0.25, -0.2) is 4.98 Å². The molecule has 3 heteroatoms. The molecule has 2 fully saturated rings. The van der Waals surface area contributed by atoms with Gasteiger partial charge in [0.2, 0.25) is 0 Å². The number of imidazole rings is 1. The van der Waals surface area contributed by atoms with Crippen LogP contribution < -0.4 is 5.73 Å². The summed E-state index contributed by atoms with van der Waals surface area (Å²) in [6.07, 6.45) is 9.17. The predicted octanol–water partition coefficient (Wildman–Crippen LogP) is 1.42. The first-order valence-electron chi connectivity index (χ1n) is 5.13. The highest BCUT2D eigenvalue weighted by Gasteiger charge is 2.37. The number of aromatic nitrogens is 2. The fraction of sp³-hybridized carbons (Fsp3) is 0.700. The molecule has 2 saturated carbocycles. The summed E-state index contributed by atoms with van der Waals surface area (Å²) in [5.41, 5.74) is 7.26. The standard InChI is InChI=1S/C10H15N3/c11-8-4-9(8)13-6-12-5-10(13)7-2-1-3-7/h5-9H,1-4,11H2. The second-order valence-electron chi connectivity index (χ2n) is 4.32. The largest absolute Gasteiger partial charge is 0.330 e. The van der Waals surface area contributed by atoms with Crippen molar-refractivity contribution in [1.29, 1.82) is 0 Å². The molecule has 70 valence electrons. The molecule has 3 rings (SSSR count). The van der Waals surface area contributed by atoms with Crippen LogP contribution in [0.15, 0.2) is 12.5 Å². The Bertz CT molecular complexity index is 294. The van der Waals surface area contributed by atoms with Crippen molar-refractivity contribution in [1.82, 2.24) is 9.55 Å². The van der Waals surface area contributed by atoms with Crippen LogP contribution in [0.5, 0.6) is 0 Å². The molecule has 2 N–H and O–H groups in total. The molecule has 0 radical (unpaired) electrons. The molecule has 2 aliphatic carbocycles. The Balaban J connectivity index is 1.87. The quantitative estimate of drug-likeness (QED) is 0.742. The van der Waals surface area contributed by atoms with Crippen molar-refractivity contribution in [2.45, 2.75) is 43.7 Å². The second-order valence-corrected chi connectivity index (χ2v) is 4.32. The Kier molecular flexibility index (Phi) is 1.50. The molecule has 0 aromatic carbocycles. The van der Waals surface area contributed by atoms with E-state index < -0.39 is 0 Å². The maximum atomic E-state index is 5.84. The van der Waals surface area contributed by atoms with Crippen LogP contribution >= 0.6 is 0 Å².